The van der Waals surface area contributed by atoms with Crippen LogP contribution in [0.5, 0.6) is 0 Å². The van der Waals surface area contributed by atoms with Crippen molar-refractivity contribution in [2.24, 2.45) is 12.8 Å². The van der Waals surface area contributed by atoms with Gasteiger partial charge in [0.05, 0.1) is 0 Å². The van der Waals surface area contributed by atoms with Crippen LogP contribution in [0.3, 0.4) is 0 Å². The van der Waals surface area contributed by atoms with Crippen LogP contribution in [0.25, 0.3) is 10.9 Å². The third-order valence-electron chi connectivity index (χ3n) is 2.57. The molecule has 1 heterocycles. The van der Waals surface area contributed by atoms with Crippen molar-refractivity contribution in [1.29, 1.82) is 0 Å². The zero-order valence-corrected chi connectivity index (χ0v) is 9.09. The standard InChI is InChI=1S/C11H14N2S/c1-13-6-9(7-14)11-8(5-12)3-2-4-10(11)13/h2-4,6,14H,5,7,12H2,1H3. The second-order valence-corrected chi connectivity index (χ2v) is 3.75. The molecule has 0 amide bonds. The lowest BCUT2D eigenvalue weighted by Crippen LogP contribution is -1.97. The minimum Gasteiger partial charge on any atom is -0.350 e. The maximum absolute atomic E-state index is 5.71. The average molecular weight is 206 g/mol. The first-order valence-electron chi connectivity index (χ1n) is 4.64. The van der Waals surface area contributed by atoms with E-state index < -0.39 is 0 Å². The van der Waals surface area contributed by atoms with E-state index in [0.29, 0.717) is 6.54 Å². The molecule has 0 bridgehead atoms. The predicted octanol–water partition coefficient (Wildman–Crippen LogP) is 2.07. The maximum Gasteiger partial charge on any atom is 0.0484 e. The van der Waals surface area contributed by atoms with Gasteiger partial charge >= 0.3 is 0 Å². The van der Waals surface area contributed by atoms with E-state index in [-0.39, 0.29) is 0 Å². The third kappa shape index (κ3) is 1.33. The number of nitrogens with zero attached hydrogens (tertiary/aromatic N) is 1. The van der Waals surface area contributed by atoms with Gasteiger partial charge in [-0.15, -0.1) is 0 Å². The molecule has 0 fully saturated rings. The number of rotatable bonds is 2. The van der Waals surface area contributed by atoms with Gasteiger partial charge in [-0.2, -0.15) is 12.6 Å². The molecular formula is C11H14N2S. The zero-order chi connectivity index (χ0) is 10.1. The highest BCUT2D eigenvalue weighted by Gasteiger charge is 2.08. The smallest absolute Gasteiger partial charge is 0.0484 e. The molecule has 2 N–H and O–H groups in total. The molecule has 0 aliphatic carbocycles. The molecule has 0 spiro atoms. The zero-order valence-electron chi connectivity index (χ0n) is 8.20. The fraction of sp³-hybridized carbons (Fsp3) is 0.273. The van der Waals surface area contributed by atoms with E-state index in [0.717, 1.165) is 5.75 Å². The van der Waals surface area contributed by atoms with Gasteiger partial charge in [0.25, 0.3) is 0 Å². The van der Waals surface area contributed by atoms with Crippen LogP contribution in [0.4, 0.5) is 0 Å². The molecule has 14 heavy (non-hydrogen) atoms. The topological polar surface area (TPSA) is 30.9 Å². The quantitative estimate of drug-likeness (QED) is 0.724. The van der Waals surface area contributed by atoms with Crippen molar-refractivity contribution < 1.29 is 0 Å². The van der Waals surface area contributed by atoms with Gasteiger partial charge in [0.2, 0.25) is 0 Å². The Bertz CT molecular complexity index is 460. The normalized spacial score (nSPS) is 11.1. The van der Waals surface area contributed by atoms with Crippen molar-refractivity contribution >= 4 is 23.5 Å². The lowest BCUT2D eigenvalue weighted by molar-refractivity contribution is 0.962. The average Bonchev–Trinajstić information content (AvgIpc) is 2.56. The number of hydrogen-bond donors (Lipinski definition) is 2. The summed E-state index contributed by atoms with van der Waals surface area (Å²) in [4.78, 5) is 0. The summed E-state index contributed by atoms with van der Waals surface area (Å²) in [5, 5.41) is 1.27. The fourth-order valence-electron chi connectivity index (χ4n) is 1.91. The van der Waals surface area contributed by atoms with Crippen LogP contribution in [0.2, 0.25) is 0 Å². The molecule has 0 unspecified atom stereocenters. The van der Waals surface area contributed by atoms with E-state index in [2.05, 4.69) is 42.6 Å². The largest absolute Gasteiger partial charge is 0.350 e. The van der Waals surface area contributed by atoms with E-state index >= 15 is 0 Å². The Morgan fingerprint density at radius 2 is 2.14 bits per heavy atom. The summed E-state index contributed by atoms with van der Waals surface area (Å²) in [5.74, 6) is 0.758. The van der Waals surface area contributed by atoms with E-state index in [1.807, 2.05) is 6.07 Å². The molecule has 1 aromatic carbocycles. The number of hydrogen-bond acceptors (Lipinski definition) is 2. The van der Waals surface area contributed by atoms with Gasteiger partial charge < -0.3 is 10.3 Å². The molecule has 0 aliphatic heterocycles. The Labute approximate surface area is 89.1 Å². The Morgan fingerprint density at radius 1 is 1.36 bits per heavy atom. The van der Waals surface area contributed by atoms with E-state index in [4.69, 9.17) is 5.73 Å². The van der Waals surface area contributed by atoms with Crippen LogP contribution >= 0.6 is 12.6 Å². The van der Waals surface area contributed by atoms with E-state index in [1.165, 1.54) is 22.0 Å². The summed E-state index contributed by atoms with van der Waals surface area (Å²) in [6, 6.07) is 6.24. The van der Waals surface area contributed by atoms with Gasteiger partial charge in [-0.3, -0.25) is 0 Å². The lowest BCUT2D eigenvalue weighted by atomic mass is 10.1. The number of fused-ring (bicyclic) bond motifs is 1. The van der Waals surface area contributed by atoms with Crippen LogP contribution in [0.15, 0.2) is 24.4 Å². The van der Waals surface area contributed by atoms with Gasteiger partial charge in [-0.25, -0.2) is 0 Å². The molecule has 0 aliphatic rings. The highest BCUT2D eigenvalue weighted by atomic mass is 32.1. The van der Waals surface area contributed by atoms with E-state index in [9.17, 15) is 0 Å². The Hall–Kier alpha value is -0.930. The van der Waals surface area contributed by atoms with Crippen LogP contribution < -0.4 is 5.73 Å². The fourth-order valence-corrected chi connectivity index (χ4v) is 2.15. The van der Waals surface area contributed by atoms with Gasteiger partial charge in [-0.1, -0.05) is 12.1 Å². The number of thiol groups is 1. The van der Waals surface area contributed by atoms with Gasteiger partial charge in [0, 0.05) is 36.4 Å². The number of aryl methyl sites for hydroxylation is 1. The summed E-state index contributed by atoms with van der Waals surface area (Å²) < 4.78 is 2.13. The number of aromatic nitrogens is 1. The van der Waals surface area contributed by atoms with Crippen molar-refractivity contribution in [3.63, 3.8) is 0 Å². The first-order valence-corrected chi connectivity index (χ1v) is 5.28. The van der Waals surface area contributed by atoms with Crippen LogP contribution in [0, 0.1) is 0 Å². The van der Waals surface area contributed by atoms with Crippen LogP contribution in [-0.4, -0.2) is 4.57 Å². The minimum atomic E-state index is 0.585. The van der Waals surface area contributed by atoms with Crippen molar-refractivity contribution in [2.75, 3.05) is 0 Å². The van der Waals surface area contributed by atoms with Crippen molar-refractivity contribution in [3.05, 3.63) is 35.5 Å². The Balaban J connectivity index is 2.82. The molecule has 2 aromatic rings. The lowest BCUT2D eigenvalue weighted by Gasteiger charge is -2.02. The molecule has 74 valence electrons. The molecule has 2 nitrogen and oxygen atoms in total. The molecule has 0 radical (unpaired) electrons. The summed E-state index contributed by atoms with van der Waals surface area (Å²) in [5.41, 5.74) is 9.41. The summed E-state index contributed by atoms with van der Waals surface area (Å²) in [7, 11) is 2.05. The van der Waals surface area contributed by atoms with Gasteiger partial charge in [0.15, 0.2) is 0 Å². The minimum absolute atomic E-state index is 0.585. The molecule has 1 aromatic heterocycles. The SMILES string of the molecule is Cn1cc(CS)c2c(CN)cccc21. The molecule has 3 heteroatoms. The maximum atomic E-state index is 5.71. The second-order valence-electron chi connectivity index (χ2n) is 3.44. The molecule has 0 atom stereocenters. The third-order valence-corrected chi connectivity index (χ3v) is 2.91. The van der Waals surface area contributed by atoms with Crippen LogP contribution in [0.1, 0.15) is 11.1 Å². The monoisotopic (exact) mass is 206 g/mol. The molecule has 0 saturated heterocycles. The Morgan fingerprint density at radius 3 is 2.79 bits per heavy atom. The van der Waals surface area contributed by atoms with Crippen molar-refractivity contribution in [3.8, 4) is 0 Å². The highest BCUT2D eigenvalue weighted by molar-refractivity contribution is 7.79. The van der Waals surface area contributed by atoms with Crippen molar-refractivity contribution in [1.82, 2.24) is 4.57 Å². The van der Waals surface area contributed by atoms with Crippen molar-refractivity contribution in [2.45, 2.75) is 12.3 Å². The first-order chi connectivity index (χ1) is 6.77. The summed E-state index contributed by atoms with van der Waals surface area (Å²) >= 11 is 4.33. The predicted molar refractivity (Wildman–Crippen MR) is 63.5 cm³/mol. The summed E-state index contributed by atoms with van der Waals surface area (Å²) in [6.45, 7) is 0.585. The highest BCUT2D eigenvalue weighted by Crippen LogP contribution is 2.25. The molecular weight excluding hydrogens is 192 g/mol. The first kappa shape index (κ1) is 9.62. The van der Waals surface area contributed by atoms with Gasteiger partial charge in [0.1, 0.15) is 0 Å². The summed E-state index contributed by atoms with van der Waals surface area (Å²) in [6.07, 6.45) is 2.12. The molecule has 2 rings (SSSR count). The van der Waals surface area contributed by atoms with E-state index in [1.54, 1.807) is 0 Å². The second kappa shape index (κ2) is 3.67. The Kier molecular flexibility index (Phi) is 2.52. The van der Waals surface area contributed by atoms with Crippen LogP contribution in [-0.2, 0) is 19.3 Å². The molecule has 0 saturated carbocycles. The number of nitrogens with two attached hydrogens (primary N) is 1. The number of benzene rings is 1. The van der Waals surface area contributed by atoms with Gasteiger partial charge in [-0.05, 0) is 17.2 Å².